The minimum Gasteiger partial charge on any atom is -0.348 e. The van der Waals surface area contributed by atoms with Gasteiger partial charge in [-0.25, -0.2) is 18.4 Å². The molecule has 4 rings (SSSR count). The zero-order valence-corrected chi connectivity index (χ0v) is 16.9. The number of halogens is 3. The normalized spacial score (nSPS) is 12.1. The minimum absolute atomic E-state index is 0.102. The zero-order valence-electron chi connectivity index (χ0n) is 16.1. The Morgan fingerprint density at radius 2 is 1.78 bits per heavy atom. The molecular formula is C20H14F3N5O3S. The van der Waals surface area contributed by atoms with Gasteiger partial charge in [0.05, 0.1) is 22.2 Å². The molecule has 3 aromatic heterocycles. The van der Waals surface area contributed by atoms with Gasteiger partial charge >= 0.3 is 6.18 Å². The number of pyridine rings is 2. The lowest BCUT2D eigenvalue weighted by Gasteiger charge is -2.10. The van der Waals surface area contributed by atoms with Gasteiger partial charge in [-0.1, -0.05) is 12.1 Å². The number of amides is 1. The fourth-order valence-corrected chi connectivity index (χ4v) is 4.10. The van der Waals surface area contributed by atoms with E-state index >= 15 is 0 Å². The molecule has 0 spiro atoms. The van der Waals surface area contributed by atoms with Crippen LogP contribution in [-0.4, -0.2) is 34.5 Å². The highest BCUT2D eigenvalue weighted by atomic mass is 32.2. The van der Waals surface area contributed by atoms with E-state index in [0.29, 0.717) is 34.3 Å². The van der Waals surface area contributed by atoms with Crippen molar-refractivity contribution in [3.05, 3.63) is 77.7 Å². The summed E-state index contributed by atoms with van der Waals surface area (Å²) in [5.74, 6) is -0.384. The highest BCUT2D eigenvalue weighted by molar-refractivity contribution is 7.91. The topological polar surface area (TPSA) is 118 Å². The maximum Gasteiger partial charge on any atom is 0.416 e. The second-order valence-corrected chi connectivity index (χ2v) is 8.64. The molecule has 164 valence electrons. The van der Waals surface area contributed by atoms with Crippen molar-refractivity contribution in [3.63, 3.8) is 0 Å². The first-order chi connectivity index (χ1) is 15.1. The molecule has 3 heterocycles. The maximum atomic E-state index is 12.9. The molecule has 0 atom stereocenters. The predicted octanol–water partition coefficient (Wildman–Crippen LogP) is 3.13. The molecule has 0 aliphatic rings. The SMILES string of the molecule is O=C(NCc1ccc(S(=O)(=O)c2cc(C(F)(F)F)ccn2)cc1)c1cnc2[nH]ncc2c1. The van der Waals surface area contributed by atoms with Crippen LogP contribution in [0.2, 0.25) is 0 Å². The molecule has 0 aliphatic carbocycles. The average Bonchev–Trinajstić information content (AvgIpc) is 3.25. The third kappa shape index (κ3) is 4.30. The van der Waals surface area contributed by atoms with Crippen LogP contribution in [0.1, 0.15) is 21.5 Å². The van der Waals surface area contributed by atoms with E-state index in [0.717, 1.165) is 6.20 Å². The van der Waals surface area contributed by atoms with Crippen LogP contribution in [0.5, 0.6) is 0 Å². The van der Waals surface area contributed by atoms with Crippen molar-refractivity contribution in [2.75, 3.05) is 0 Å². The average molecular weight is 461 g/mol. The van der Waals surface area contributed by atoms with Crippen molar-refractivity contribution in [2.24, 2.45) is 0 Å². The molecule has 0 saturated heterocycles. The molecule has 1 amide bonds. The number of carbonyl (C=O) groups excluding carboxylic acids is 1. The van der Waals surface area contributed by atoms with E-state index in [1.165, 1.54) is 36.7 Å². The van der Waals surface area contributed by atoms with E-state index in [1.807, 2.05) is 0 Å². The molecule has 4 aromatic rings. The Hall–Kier alpha value is -3.80. The molecule has 0 radical (unpaired) electrons. The largest absolute Gasteiger partial charge is 0.416 e. The van der Waals surface area contributed by atoms with Gasteiger partial charge in [-0.05, 0) is 35.9 Å². The van der Waals surface area contributed by atoms with Crippen LogP contribution in [0, 0.1) is 0 Å². The van der Waals surface area contributed by atoms with E-state index < -0.39 is 26.6 Å². The number of alkyl halides is 3. The maximum absolute atomic E-state index is 12.9. The number of nitrogens with one attached hydrogen (secondary N) is 2. The van der Waals surface area contributed by atoms with Gasteiger partial charge in [0.1, 0.15) is 0 Å². The lowest BCUT2D eigenvalue weighted by Crippen LogP contribution is -2.22. The van der Waals surface area contributed by atoms with Gasteiger partial charge in [-0.3, -0.25) is 9.89 Å². The predicted molar refractivity (Wildman–Crippen MR) is 106 cm³/mol. The van der Waals surface area contributed by atoms with Gasteiger partial charge in [-0.15, -0.1) is 0 Å². The van der Waals surface area contributed by atoms with Gasteiger partial charge < -0.3 is 5.32 Å². The van der Waals surface area contributed by atoms with Gasteiger partial charge in [0.15, 0.2) is 10.7 Å². The van der Waals surface area contributed by atoms with Gasteiger partial charge in [0, 0.05) is 24.3 Å². The number of fused-ring (bicyclic) bond motifs is 1. The third-order valence-corrected chi connectivity index (χ3v) is 6.24. The number of rotatable bonds is 5. The van der Waals surface area contributed by atoms with Crippen LogP contribution < -0.4 is 5.32 Å². The highest BCUT2D eigenvalue weighted by Crippen LogP contribution is 2.31. The molecule has 0 saturated carbocycles. The summed E-state index contributed by atoms with van der Waals surface area (Å²) in [5.41, 5.74) is 0.363. The first-order valence-corrected chi connectivity index (χ1v) is 10.6. The Morgan fingerprint density at radius 3 is 2.50 bits per heavy atom. The molecule has 2 N–H and O–H groups in total. The number of aromatic nitrogens is 4. The second kappa shape index (κ2) is 8.04. The van der Waals surface area contributed by atoms with Crippen molar-refractivity contribution in [2.45, 2.75) is 22.6 Å². The smallest absolute Gasteiger partial charge is 0.348 e. The van der Waals surface area contributed by atoms with Crippen molar-refractivity contribution >= 4 is 26.8 Å². The Kier molecular flexibility index (Phi) is 5.38. The summed E-state index contributed by atoms with van der Waals surface area (Å²) in [6, 6.07) is 8.23. The summed E-state index contributed by atoms with van der Waals surface area (Å²) in [5, 5.41) is 9.18. The van der Waals surface area contributed by atoms with Crippen LogP contribution in [0.3, 0.4) is 0 Å². The monoisotopic (exact) mass is 461 g/mol. The molecule has 0 fully saturated rings. The molecule has 0 bridgehead atoms. The fraction of sp³-hybridized carbons (Fsp3) is 0.100. The van der Waals surface area contributed by atoms with E-state index in [2.05, 4.69) is 25.5 Å². The second-order valence-electron chi connectivity index (χ2n) is 6.74. The fourth-order valence-electron chi connectivity index (χ4n) is 2.89. The Morgan fingerprint density at radius 1 is 1.03 bits per heavy atom. The van der Waals surface area contributed by atoms with Gasteiger partial charge in [0.25, 0.3) is 5.91 Å². The number of sulfone groups is 1. The molecule has 1 aromatic carbocycles. The van der Waals surface area contributed by atoms with Crippen molar-refractivity contribution < 1.29 is 26.4 Å². The van der Waals surface area contributed by atoms with E-state index in [1.54, 1.807) is 6.07 Å². The number of H-pyrrole nitrogens is 1. The Labute approximate surface area is 179 Å². The van der Waals surface area contributed by atoms with Crippen LogP contribution in [0.15, 0.2) is 71.0 Å². The first-order valence-electron chi connectivity index (χ1n) is 9.09. The lowest BCUT2D eigenvalue weighted by atomic mass is 10.2. The van der Waals surface area contributed by atoms with Crippen LogP contribution in [-0.2, 0) is 22.6 Å². The minimum atomic E-state index is -4.69. The number of benzene rings is 1. The summed E-state index contributed by atoms with van der Waals surface area (Å²) in [6.07, 6.45) is -0.951. The number of carbonyl (C=O) groups is 1. The molecule has 12 heteroatoms. The zero-order chi connectivity index (χ0) is 22.9. The summed E-state index contributed by atoms with van der Waals surface area (Å²) in [6.45, 7) is 0.102. The lowest BCUT2D eigenvalue weighted by molar-refractivity contribution is -0.137. The highest BCUT2D eigenvalue weighted by Gasteiger charge is 2.32. The van der Waals surface area contributed by atoms with Crippen molar-refractivity contribution in [1.29, 1.82) is 0 Å². The molecule has 8 nitrogen and oxygen atoms in total. The van der Waals surface area contributed by atoms with E-state index in [4.69, 9.17) is 0 Å². The van der Waals surface area contributed by atoms with Crippen molar-refractivity contribution in [3.8, 4) is 0 Å². The summed E-state index contributed by atoms with van der Waals surface area (Å²) in [7, 11) is -4.24. The van der Waals surface area contributed by atoms with Crippen LogP contribution >= 0.6 is 0 Å². The Bertz CT molecular complexity index is 1400. The van der Waals surface area contributed by atoms with Gasteiger partial charge in [0.2, 0.25) is 9.84 Å². The number of aromatic amines is 1. The standard InChI is InChI=1S/C20H14F3N5O3S/c21-20(22,23)15-5-6-24-17(8-15)32(30,31)16-3-1-12(2-4-16)9-26-19(29)14-7-13-11-27-28-18(13)25-10-14/h1-8,10-11H,9H2,(H,26,29)(H,25,27,28). The van der Waals surface area contributed by atoms with Crippen LogP contribution in [0.25, 0.3) is 11.0 Å². The summed E-state index contributed by atoms with van der Waals surface area (Å²) in [4.78, 5) is 19.8. The number of hydrogen-bond donors (Lipinski definition) is 2. The van der Waals surface area contributed by atoms with Gasteiger partial charge in [-0.2, -0.15) is 18.3 Å². The number of hydrogen-bond acceptors (Lipinski definition) is 6. The molecule has 0 aliphatic heterocycles. The summed E-state index contributed by atoms with van der Waals surface area (Å²) >= 11 is 0. The summed E-state index contributed by atoms with van der Waals surface area (Å²) < 4.78 is 63.9. The molecular weight excluding hydrogens is 447 g/mol. The molecule has 32 heavy (non-hydrogen) atoms. The molecule has 0 unspecified atom stereocenters. The van der Waals surface area contributed by atoms with Crippen LogP contribution in [0.4, 0.5) is 13.2 Å². The Balaban J connectivity index is 1.47. The first kappa shape index (κ1) is 21.4. The van der Waals surface area contributed by atoms with E-state index in [-0.39, 0.29) is 17.3 Å². The van der Waals surface area contributed by atoms with E-state index in [9.17, 15) is 26.4 Å². The number of nitrogens with zero attached hydrogens (tertiary/aromatic N) is 3. The van der Waals surface area contributed by atoms with Crippen molar-refractivity contribution in [1.82, 2.24) is 25.5 Å². The third-order valence-electron chi connectivity index (χ3n) is 4.58. The quantitative estimate of drug-likeness (QED) is 0.472.